The van der Waals surface area contributed by atoms with Crippen LogP contribution >= 0.6 is 22.7 Å². The third-order valence-corrected chi connectivity index (χ3v) is 5.70. The number of hydrogen-bond acceptors (Lipinski definition) is 5. The summed E-state index contributed by atoms with van der Waals surface area (Å²) in [6, 6.07) is 7.21. The molecule has 0 fully saturated rings. The Hall–Kier alpha value is -2.58. The predicted octanol–water partition coefficient (Wildman–Crippen LogP) is 3.97. The molecule has 128 valence electrons. The Kier molecular flexibility index (Phi) is 4.65. The third-order valence-electron chi connectivity index (χ3n) is 3.62. The maximum absolute atomic E-state index is 12.1. The number of hydrogen-bond donors (Lipinski definition) is 0. The number of fused-ring (bicyclic) bond motifs is 1. The van der Waals surface area contributed by atoms with Gasteiger partial charge in [0.15, 0.2) is 4.80 Å². The molecule has 0 spiro atoms. The molecule has 0 aliphatic rings. The van der Waals surface area contributed by atoms with Crippen LogP contribution in [0.25, 0.3) is 16.3 Å². The highest BCUT2D eigenvalue weighted by Gasteiger charge is 2.09. The number of benzene rings is 1. The first-order valence-electron chi connectivity index (χ1n) is 7.43. The van der Waals surface area contributed by atoms with E-state index in [1.165, 1.54) is 29.0 Å². The number of aromatic nitrogens is 1. The lowest BCUT2D eigenvalue weighted by Gasteiger charge is -2.01. The van der Waals surface area contributed by atoms with E-state index < -0.39 is 10.8 Å². The Morgan fingerprint density at radius 2 is 2.04 bits per heavy atom. The van der Waals surface area contributed by atoms with Crippen LogP contribution in [0.15, 0.2) is 35.3 Å². The van der Waals surface area contributed by atoms with Gasteiger partial charge < -0.3 is 4.57 Å². The van der Waals surface area contributed by atoms with Gasteiger partial charge in [-0.2, -0.15) is 4.99 Å². The molecular weight excluding hydrogens is 358 g/mol. The molecule has 0 radical (unpaired) electrons. The molecule has 0 N–H and O–H groups in total. The van der Waals surface area contributed by atoms with E-state index >= 15 is 0 Å². The van der Waals surface area contributed by atoms with Gasteiger partial charge in [0.05, 0.1) is 15.1 Å². The monoisotopic (exact) mass is 373 g/mol. The van der Waals surface area contributed by atoms with Crippen LogP contribution in [-0.4, -0.2) is 15.4 Å². The second-order valence-corrected chi connectivity index (χ2v) is 7.69. The third kappa shape index (κ3) is 3.59. The number of thiophene rings is 1. The van der Waals surface area contributed by atoms with E-state index in [1.807, 2.05) is 25.5 Å². The number of thiazole rings is 1. The molecule has 25 heavy (non-hydrogen) atoms. The van der Waals surface area contributed by atoms with Gasteiger partial charge in [0.25, 0.3) is 5.91 Å². The molecule has 0 saturated heterocycles. The summed E-state index contributed by atoms with van der Waals surface area (Å²) >= 11 is 2.48. The number of aryl methyl sites for hydroxylation is 3. The lowest BCUT2D eigenvalue weighted by atomic mass is 10.1. The van der Waals surface area contributed by atoms with Gasteiger partial charge in [-0.15, -0.1) is 0 Å². The molecule has 0 unspecified atom stereocenters. The highest BCUT2D eigenvalue weighted by Crippen LogP contribution is 2.25. The summed E-state index contributed by atoms with van der Waals surface area (Å²) in [5.41, 5.74) is 3.38. The van der Waals surface area contributed by atoms with Crippen molar-refractivity contribution < 1.29 is 9.72 Å². The van der Waals surface area contributed by atoms with Crippen molar-refractivity contribution in [3.8, 4) is 0 Å². The van der Waals surface area contributed by atoms with Crippen LogP contribution in [0.3, 0.4) is 0 Å². The average molecular weight is 373 g/mol. The number of amides is 1. The predicted molar refractivity (Wildman–Crippen MR) is 101 cm³/mol. The van der Waals surface area contributed by atoms with E-state index in [0.717, 1.165) is 27.1 Å². The normalized spacial score (nSPS) is 12.4. The van der Waals surface area contributed by atoms with E-state index in [9.17, 15) is 14.9 Å². The van der Waals surface area contributed by atoms with Crippen molar-refractivity contribution in [2.45, 2.75) is 13.8 Å². The summed E-state index contributed by atoms with van der Waals surface area (Å²) in [4.78, 5) is 27.8. The molecule has 2 heterocycles. The molecule has 6 nitrogen and oxygen atoms in total. The zero-order chi connectivity index (χ0) is 18.1. The Morgan fingerprint density at radius 1 is 1.28 bits per heavy atom. The lowest BCUT2D eigenvalue weighted by Crippen LogP contribution is -2.12. The molecule has 0 atom stereocenters. The fraction of sp³-hybridized carbons (Fsp3) is 0.176. The minimum absolute atomic E-state index is 0.0470. The maximum Gasteiger partial charge on any atom is 0.324 e. The first-order valence-corrected chi connectivity index (χ1v) is 9.06. The van der Waals surface area contributed by atoms with Crippen molar-refractivity contribution in [1.82, 2.24) is 4.57 Å². The highest BCUT2D eigenvalue weighted by molar-refractivity contribution is 7.16. The van der Waals surface area contributed by atoms with Gasteiger partial charge in [0, 0.05) is 24.1 Å². The first-order chi connectivity index (χ1) is 11.8. The second-order valence-electron chi connectivity index (χ2n) is 5.59. The minimum atomic E-state index is -0.449. The zero-order valence-corrected chi connectivity index (χ0v) is 15.5. The molecule has 3 rings (SSSR count). The van der Waals surface area contributed by atoms with Crippen molar-refractivity contribution in [1.29, 1.82) is 0 Å². The fourth-order valence-electron chi connectivity index (χ4n) is 2.60. The number of nitro groups is 1. The van der Waals surface area contributed by atoms with Crippen LogP contribution < -0.4 is 4.80 Å². The molecule has 2 aromatic heterocycles. The molecule has 1 aromatic carbocycles. The SMILES string of the molecule is Cc1cc(C)c2c(c1)sc(=NC(=O)/C=C/c1ccc([N+](=O)[O-])s1)n2C. The van der Waals surface area contributed by atoms with Crippen molar-refractivity contribution in [3.05, 3.63) is 61.3 Å². The number of nitrogens with zero attached hydrogens (tertiary/aromatic N) is 3. The van der Waals surface area contributed by atoms with Crippen LogP contribution in [0.5, 0.6) is 0 Å². The summed E-state index contributed by atoms with van der Waals surface area (Å²) in [6.45, 7) is 4.08. The molecule has 1 amide bonds. The van der Waals surface area contributed by atoms with Gasteiger partial charge in [-0.3, -0.25) is 14.9 Å². The van der Waals surface area contributed by atoms with Crippen LogP contribution in [0.2, 0.25) is 0 Å². The lowest BCUT2D eigenvalue weighted by molar-refractivity contribution is -0.380. The van der Waals surface area contributed by atoms with Crippen molar-refractivity contribution in [2.24, 2.45) is 12.0 Å². The number of rotatable bonds is 3. The van der Waals surface area contributed by atoms with Crippen LogP contribution in [0, 0.1) is 24.0 Å². The Balaban J connectivity index is 1.92. The molecule has 0 bridgehead atoms. The van der Waals surface area contributed by atoms with Gasteiger partial charge in [0.2, 0.25) is 0 Å². The molecule has 0 aliphatic heterocycles. The molecule has 3 aromatic rings. The van der Waals surface area contributed by atoms with Crippen molar-refractivity contribution in [2.75, 3.05) is 0 Å². The molecule has 0 aliphatic carbocycles. The second kappa shape index (κ2) is 6.73. The van der Waals surface area contributed by atoms with Gasteiger partial charge in [-0.05, 0) is 43.2 Å². The largest absolute Gasteiger partial charge is 0.324 e. The Morgan fingerprint density at radius 3 is 2.72 bits per heavy atom. The van der Waals surface area contributed by atoms with E-state index in [-0.39, 0.29) is 5.00 Å². The van der Waals surface area contributed by atoms with Crippen LogP contribution in [0.4, 0.5) is 5.00 Å². The Bertz CT molecular complexity index is 1090. The summed E-state index contributed by atoms with van der Waals surface area (Å²) in [5, 5.41) is 10.7. The molecule has 8 heteroatoms. The van der Waals surface area contributed by atoms with E-state index in [0.29, 0.717) is 9.68 Å². The zero-order valence-electron chi connectivity index (χ0n) is 13.8. The van der Waals surface area contributed by atoms with Crippen molar-refractivity contribution >= 4 is 49.9 Å². The average Bonchev–Trinajstić information content (AvgIpc) is 3.11. The summed E-state index contributed by atoms with van der Waals surface area (Å²) in [5.74, 6) is -0.396. The Labute approximate surface area is 151 Å². The van der Waals surface area contributed by atoms with Gasteiger partial charge in [0.1, 0.15) is 0 Å². The quantitative estimate of drug-likeness (QED) is 0.396. The standard InChI is InChI=1S/C17H15N3O3S2/c1-10-8-11(2)16-13(9-10)25-17(19(16)3)18-14(21)6-4-12-5-7-15(24-12)20(22)23/h4-9H,1-3H3/b6-4+,18-17?. The van der Waals surface area contributed by atoms with E-state index in [1.54, 1.807) is 12.1 Å². The summed E-state index contributed by atoms with van der Waals surface area (Å²) in [7, 11) is 1.89. The minimum Gasteiger partial charge on any atom is -0.319 e. The highest BCUT2D eigenvalue weighted by atomic mass is 32.1. The smallest absolute Gasteiger partial charge is 0.319 e. The van der Waals surface area contributed by atoms with E-state index in [4.69, 9.17) is 0 Å². The van der Waals surface area contributed by atoms with Gasteiger partial charge in [-0.25, -0.2) is 0 Å². The van der Waals surface area contributed by atoms with Crippen molar-refractivity contribution in [3.63, 3.8) is 0 Å². The van der Waals surface area contributed by atoms with Crippen LogP contribution in [-0.2, 0) is 11.8 Å². The first kappa shape index (κ1) is 17.2. The van der Waals surface area contributed by atoms with Gasteiger partial charge >= 0.3 is 5.00 Å². The number of carbonyl (C=O) groups excluding carboxylic acids is 1. The topological polar surface area (TPSA) is 77.5 Å². The summed E-state index contributed by atoms with van der Waals surface area (Å²) < 4.78 is 3.00. The molecule has 0 saturated carbocycles. The fourth-order valence-corrected chi connectivity index (χ4v) is 4.53. The maximum atomic E-state index is 12.1. The summed E-state index contributed by atoms with van der Waals surface area (Å²) in [6.07, 6.45) is 2.88. The van der Waals surface area contributed by atoms with Gasteiger partial charge in [-0.1, -0.05) is 28.7 Å². The van der Waals surface area contributed by atoms with E-state index in [2.05, 4.69) is 17.1 Å². The van der Waals surface area contributed by atoms with Crippen LogP contribution in [0.1, 0.15) is 16.0 Å². The number of carbonyl (C=O) groups is 1. The molecular formula is C17H15N3O3S2.